The zero-order valence-corrected chi connectivity index (χ0v) is 19.1. The van der Waals surface area contributed by atoms with Crippen LogP contribution in [0.3, 0.4) is 0 Å². The number of amides is 1. The van der Waals surface area contributed by atoms with Crippen LogP contribution in [0.15, 0.2) is 36.4 Å². The van der Waals surface area contributed by atoms with Gasteiger partial charge in [0.25, 0.3) is 0 Å². The summed E-state index contributed by atoms with van der Waals surface area (Å²) in [5.41, 5.74) is 2.51. The summed E-state index contributed by atoms with van der Waals surface area (Å²) in [4.78, 5) is 15.3. The molecule has 2 aliphatic heterocycles. The van der Waals surface area contributed by atoms with Crippen molar-refractivity contribution in [2.75, 3.05) is 13.1 Å². The Morgan fingerprint density at radius 1 is 1.23 bits per heavy atom. The summed E-state index contributed by atoms with van der Waals surface area (Å²) in [7, 11) is 0. The Labute approximate surface area is 188 Å². The number of nitrogens with zero attached hydrogens (tertiary/aromatic N) is 1. The molecule has 1 N–H and O–H groups in total. The van der Waals surface area contributed by atoms with Gasteiger partial charge in [-0.2, -0.15) is 0 Å². The molecule has 2 aromatic rings. The molecule has 0 aliphatic carbocycles. The van der Waals surface area contributed by atoms with Gasteiger partial charge in [-0.05, 0) is 70.5 Å². The van der Waals surface area contributed by atoms with Crippen LogP contribution in [0.5, 0.6) is 5.75 Å². The van der Waals surface area contributed by atoms with Gasteiger partial charge < -0.3 is 10.1 Å². The molecule has 1 fully saturated rings. The molecular weight excluding hydrogens is 415 g/mol. The van der Waals surface area contributed by atoms with E-state index in [4.69, 9.17) is 16.3 Å². The predicted molar refractivity (Wildman–Crippen MR) is 121 cm³/mol. The third-order valence-corrected chi connectivity index (χ3v) is 6.55. The van der Waals surface area contributed by atoms with E-state index < -0.39 is 0 Å². The van der Waals surface area contributed by atoms with Gasteiger partial charge in [-0.1, -0.05) is 29.8 Å². The summed E-state index contributed by atoms with van der Waals surface area (Å²) in [6.45, 7) is 8.25. The van der Waals surface area contributed by atoms with E-state index in [0.29, 0.717) is 17.1 Å². The summed E-state index contributed by atoms with van der Waals surface area (Å²) in [6.07, 6.45) is 2.28. The van der Waals surface area contributed by atoms with Crippen molar-refractivity contribution in [2.24, 2.45) is 5.92 Å². The van der Waals surface area contributed by atoms with E-state index in [1.807, 2.05) is 13.0 Å². The van der Waals surface area contributed by atoms with Crippen molar-refractivity contribution in [3.05, 3.63) is 63.9 Å². The molecule has 4 nitrogen and oxygen atoms in total. The van der Waals surface area contributed by atoms with Gasteiger partial charge in [0.05, 0.1) is 6.04 Å². The average molecular weight is 445 g/mol. The van der Waals surface area contributed by atoms with E-state index in [1.54, 1.807) is 12.1 Å². The highest BCUT2D eigenvalue weighted by Crippen LogP contribution is 2.40. The lowest BCUT2D eigenvalue weighted by molar-refractivity contribution is -0.127. The lowest BCUT2D eigenvalue weighted by Crippen LogP contribution is -2.45. The normalized spacial score (nSPS) is 21.3. The lowest BCUT2D eigenvalue weighted by atomic mass is 9.88. The van der Waals surface area contributed by atoms with Crippen LogP contribution in [0, 0.1) is 18.7 Å². The molecule has 166 valence electrons. The number of nitrogens with one attached hydrogen (secondary N) is 1. The highest BCUT2D eigenvalue weighted by atomic mass is 35.5. The van der Waals surface area contributed by atoms with Gasteiger partial charge >= 0.3 is 0 Å². The Bertz CT molecular complexity index is 970. The van der Waals surface area contributed by atoms with E-state index in [1.165, 1.54) is 6.07 Å². The molecule has 1 saturated heterocycles. The van der Waals surface area contributed by atoms with E-state index in [0.717, 1.165) is 49.2 Å². The molecule has 2 aromatic carbocycles. The summed E-state index contributed by atoms with van der Waals surface area (Å²) < 4.78 is 20.2. The minimum atomic E-state index is -0.329. The third-order valence-electron chi connectivity index (χ3n) is 6.31. The zero-order valence-electron chi connectivity index (χ0n) is 18.4. The fourth-order valence-electron chi connectivity index (χ4n) is 4.62. The molecule has 0 radical (unpaired) electrons. The number of benzene rings is 2. The SMILES string of the molecule is Cc1ccc2c(c1)OC(C)(C)C[C@@H]2NC(=O)C1CCN(Cc2ccc(Cl)cc2F)CC1. The molecule has 1 atom stereocenters. The first-order valence-electron chi connectivity index (χ1n) is 11.0. The van der Waals surface area contributed by atoms with Crippen LogP contribution < -0.4 is 10.1 Å². The molecule has 0 spiro atoms. The zero-order chi connectivity index (χ0) is 22.2. The first-order valence-corrected chi connectivity index (χ1v) is 11.3. The van der Waals surface area contributed by atoms with Crippen LogP contribution in [-0.2, 0) is 11.3 Å². The number of carbonyl (C=O) groups excluding carboxylic acids is 1. The van der Waals surface area contributed by atoms with Crippen molar-refractivity contribution < 1.29 is 13.9 Å². The lowest BCUT2D eigenvalue weighted by Gasteiger charge is -2.39. The molecule has 1 amide bonds. The maximum Gasteiger partial charge on any atom is 0.223 e. The second-order valence-electron chi connectivity index (χ2n) is 9.45. The quantitative estimate of drug-likeness (QED) is 0.684. The number of aryl methyl sites for hydroxylation is 1. The van der Waals surface area contributed by atoms with E-state index >= 15 is 0 Å². The van der Waals surface area contributed by atoms with Crippen molar-refractivity contribution in [3.63, 3.8) is 0 Å². The van der Waals surface area contributed by atoms with Crippen molar-refractivity contribution >= 4 is 17.5 Å². The molecule has 2 heterocycles. The first-order chi connectivity index (χ1) is 14.7. The van der Waals surface area contributed by atoms with Crippen molar-refractivity contribution in [1.29, 1.82) is 0 Å². The fourth-order valence-corrected chi connectivity index (χ4v) is 4.78. The van der Waals surface area contributed by atoms with E-state index in [-0.39, 0.29) is 29.3 Å². The average Bonchev–Trinajstić information content (AvgIpc) is 2.69. The number of hydrogen-bond donors (Lipinski definition) is 1. The van der Waals surface area contributed by atoms with Gasteiger partial charge in [0, 0.05) is 35.0 Å². The van der Waals surface area contributed by atoms with Gasteiger partial charge in [0.15, 0.2) is 0 Å². The summed E-state index contributed by atoms with van der Waals surface area (Å²) in [5.74, 6) is 0.669. The maximum absolute atomic E-state index is 14.1. The maximum atomic E-state index is 14.1. The van der Waals surface area contributed by atoms with Gasteiger partial charge in [0.1, 0.15) is 17.2 Å². The van der Waals surface area contributed by atoms with Crippen LogP contribution in [0.1, 0.15) is 55.8 Å². The number of ether oxygens (including phenoxy) is 1. The van der Waals surface area contributed by atoms with Crippen LogP contribution in [0.4, 0.5) is 4.39 Å². The Kier molecular flexibility index (Phi) is 6.27. The van der Waals surface area contributed by atoms with Crippen LogP contribution in [0.2, 0.25) is 5.02 Å². The van der Waals surface area contributed by atoms with Gasteiger partial charge in [-0.25, -0.2) is 4.39 Å². The summed E-state index contributed by atoms with van der Waals surface area (Å²) in [5, 5.41) is 3.69. The standard InChI is InChI=1S/C25H30ClFN2O2/c1-16-4-7-20-22(14-25(2,3)31-23(20)12-16)28-24(30)17-8-10-29(11-9-17)15-18-5-6-19(26)13-21(18)27/h4-7,12-13,17,22H,8-11,14-15H2,1-3H3,(H,28,30)/t22-/m0/s1. The number of fused-ring (bicyclic) bond motifs is 1. The minimum Gasteiger partial charge on any atom is -0.487 e. The summed E-state index contributed by atoms with van der Waals surface area (Å²) in [6, 6.07) is 10.9. The molecule has 2 aliphatic rings. The molecular formula is C25H30ClFN2O2. The Balaban J connectivity index is 1.36. The van der Waals surface area contributed by atoms with E-state index in [9.17, 15) is 9.18 Å². The Morgan fingerprint density at radius 2 is 1.97 bits per heavy atom. The fraction of sp³-hybridized carbons (Fsp3) is 0.480. The number of rotatable bonds is 4. The number of halogens is 2. The molecule has 4 rings (SSSR count). The smallest absolute Gasteiger partial charge is 0.223 e. The second-order valence-corrected chi connectivity index (χ2v) is 9.89. The topological polar surface area (TPSA) is 41.6 Å². The molecule has 0 bridgehead atoms. The monoisotopic (exact) mass is 444 g/mol. The van der Waals surface area contributed by atoms with E-state index in [2.05, 4.69) is 36.2 Å². The highest BCUT2D eigenvalue weighted by molar-refractivity contribution is 6.30. The number of likely N-dealkylation sites (tertiary alicyclic amines) is 1. The number of carbonyl (C=O) groups is 1. The van der Waals surface area contributed by atoms with Gasteiger partial charge in [-0.3, -0.25) is 9.69 Å². The van der Waals surface area contributed by atoms with Crippen LogP contribution in [-0.4, -0.2) is 29.5 Å². The summed E-state index contributed by atoms with van der Waals surface area (Å²) >= 11 is 5.84. The van der Waals surface area contributed by atoms with Gasteiger partial charge in [-0.15, -0.1) is 0 Å². The van der Waals surface area contributed by atoms with Crippen molar-refractivity contribution in [3.8, 4) is 5.75 Å². The van der Waals surface area contributed by atoms with Crippen LogP contribution >= 0.6 is 11.6 Å². The molecule has 31 heavy (non-hydrogen) atoms. The second kappa shape index (κ2) is 8.79. The third kappa shape index (κ3) is 5.21. The molecule has 6 heteroatoms. The first kappa shape index (κ1) is 22.1. The van der Waals surface area contributed by atoms with Crippen molar-refractivity contribution in [2.45, 2.75) is 58.2 Å². The van der Waals surface area contributed by atoms with Crippen molar-refractivity contribution in [1.82, 2.24) is 10.2 Å². The Morgan fingerprint density at radius 3 is 2.68 bits per heavy atom. The molecule has 0 saturated carbocycles. The molecule has 0 aromatic heterocycles. The largest absolute Gasteiger partial charge is 0.487 e. The predicted octanol–water partition coefficient (Wildman–Crippen LogP) is 5.42. The van der Waals surface area contributed by atoms with Crippen LogP contribution in [0.25, 0.3) is 0 Å². The number of hydrogen-bond acceptors (Lipinski definition) is 3. The molecule has 0 unspecified atom stereocenters. The Hall–Kier alpha value is -2.11. The highest BCUT2D eigenvalue weighted by Gasteiger charge is 2.36. The minimum absolute atomic E-state index is 0.0221. The van der Waals surface area contributed by atoms with Gasteiger partial charge in [0.2, 0.25) is 5.91 Å². The number of piperidine rings is 1.